The molecule has 0 radical (unpaired) electrons. The molecule has 3 aromatic rings. The monoisotopic (exact) mass is 368 g/mol. The predicted octanol–water partition coefficient (Wildman–Crippen LogP) is 5.55. The van der Waals surface area contributed by atoms with Crippen LogP contribution in [0.5, 0.6) is 0 Å². The zero-order valence-corrected chi connectivity index (χ0v) is 16.8. The average molecular weight is 368 g/mol. The minimum absolute atomic E-state index is 0.0260. The Kier molecular flexibility index (Phi) is 5.51. The standard InChI is InChI=1S/C22H28N2O3/c1-6-7-10-26-14(2)15-8-9-18-16(11-15)17-12-19(23-13-20(17)24-18)21(25)27-22(3,4)5/h8-9,11-14,24H,6-7,10H2,1-5H3. The summed E-state index contributed by atoms with van der Waals surface area (Å²) in [7, 11) is 0. The van der Waals surface area contributed by atoms with Crippen LogP contribution in [0.4, 0.5) is 0 Å². The number of H-pyrrole nitrogens is 1. The molecule has 27 heavy (non-hydrogen) atoms. The number of aromatic nitrogens is 2. The van der Waals surface area contributed by atoms with Crippen molar-refractivity contribution in [2.24, 2.45) is 0 Å². The lowest BCUT2D eigenvalue weighted by atomic mass is 10.1. The SMILES string of the molecule is CCCCOC(C)c1ccc2[nH]c3cnc(C(=O)OC(C)(C)C)cc3c2c1. The summed E-state index contributed by atoms with van der Waals surface area (Å²) in [4.78, 5) is 20.0. The van der Waals surface area contributed by atoms with E-state index in [0.29, 0.717) is 5.69 Å². The van der Waals surface area contributed by atoms with Crippen molar-refractivity contribution < 1.29 is 14.3 Å². The minimum atomic E-state index is -0.549. The second kappa shape index (κ2) is 7.69. The van der Waals surface area contributed by atoms with Crippen molar-refractivity contribution in [3.05, 3.63) is 41.7 Å². The van der Waals surface area contributed by atoms with E-state index >= 15 is 0 Å². The predicted molar refractivity (Wildman–Crippen MR) is 108 cm³/mol. The molecule has 0 aliphatic heterocycles. The molecule has 2 aromatic heterocycles. The van der Waals surface area contributed by atoms with Crippen molar-refractivity contribution in [3.8, 4) is 0 Å². The van der Waals surface area contributed by atoms with Crippen LogP contribution in [0, 0.1) is 0 Å². The van der Waals surface area contributed by atoms with E-state index in [1.807, 2.05) is 20.8 Å². The molecule has 0 bridgehead atoms. The van der Waals surface area contributed by atoms with Crippen LogP contribution in [0.25, 0.3) is 21.8 Å². The van der Waals surface area contributed by atoms with Crippen LogP contribution in [0.3, 0.4) is 0 Å². The van der Waals surface area contributed by atoms with Crippen LogP contribution in [-0.4, -0.2) is 28.1 Å². The van der Waals surface area contributed by atoms with Crippen LogP contribution in [0.2, 0.25) is 0 Å². The number of nitrogens with zero attached hydrogens (tertiary/aromatic N) is 1. The molecule has 3 rings (SSSR count). The Morgan fingerprint density at radius 2 is 1.93 bits per heavy atom. The number of ether oxygens (including phenoxy) is 2. The summed E-state index contributed by atoms with van der Waals surface area (Å²) >= 11 is 0. The number of hydrogen-bond acceptors (Lipinski definition) is 4. The second-order valence-corrected chi connectivity index (χ2v) is 7.91. The first kappa shape index (κ1) is 19.4. The van der Waals surface area contributed by atoms with E-state index in [1.54, 1.807) is 12.3 Å². The van der Waals surface area contributed by atoms with Gasteiger partial charge in [0.05, 0.1) is 17.8 Å². The zero-order valence-electron chi connectivity index (χ0n) is 16.8. The van der Waals surface area contributed by atoms with Crippen LogP contribution in [-0.2, 0) is 9.47 Å². The fourth-order valence-electron chi connectivity index (χ4n) is 3.01. The minimum Gasteiger partial charge on any atom is -0.455 e. The van der Waals surface area contributed by atoms with E-state index < -0.39 is 11.6 Å². The number of fused-ring (bicyclic) bond motifs is 3. The Morgan fingerprint density at radius 3 is 2.63 bits per heavy atom. The smallest absolute Gasteiger partial charge is 0.357 e. The molecule has 0 spiro atoms. The number of benzene rings is 1. The Bertz CT molecular complexity index is 953. The summed E-state index contributed by atoms with van der Waals surface area (Å²) in [6, 6.07) is 8.06. The molecule has 5 heteroatoms. The van der Waals surface area contributed by atoms with Gasteiger partial charge in [0, 0.05) is 22.9 Å². The number of rotatable bonds is 6. The van der Waals surface area contributed by atoms with Gasteiger partial charge in [-0.2, -0.15) is 0 Å². The molecule has 0 amide bonds. The molecule has 0 aliphatic carbocycles. The summed E-state index contributed by atoms with van der Waals surface area (Å²) in [6.07, 6.45) is 3.90. The maximum absolute atomic E-state index is 12.4. The van der Waals surface area contributed by atoms with Crippen molar-refractivity contribution >= 4 is 27.8 Å². The Labute approximate surface area is 160 Å². The second-order valence-electron chi connectivity index (χ2n) is 7.91. The summed E-state index contributed by atoms with van der Waals surface area (Å²) in [5, 5.41) is 2.02. The third-order valence-electron chi connectivity index (χ3n) is 4.45. The number of pyridine rings is 1. The first-order valence-corrected chi connectivity index (χ1v) is 9.55. The van der Waals surface area contributed by atoms with Crippen molar-refractivity contribution in [3.63, 3.8) is 0 Å². The van der Waals surface area contributed by atoms with Gasteiger partial charge in [-0.3, -0.25) is 0 Å². The Morgan fingerprint density at radius 1 is 1.19 bits per heavy atom. The molecule has 144 valence electrons. The van der Waals surface area contributed by atoms with E-state index in [-0.39, 0.29) is 6.10 Å². The van der Waals surface area contributed by atoms with E-state index in [1.165, 1.54) is 0 Å². The number of aromatic amines is 1. The largest absolute Gasteiger partial charge is 0.455 e. The van der Waals surface area contributed by atoms with Crippen molar-refractivity contribution in [1.82, 2.24) is 9.97 Å². The van der Waals surface area contributed by atoms with Crippen LogP contribution < -0.4 is 0 Å². The highest BCUT2D eigenvalue weighted by atomic mass is 16.6. The van der Waals surface area contributed by atoms with Gasteiger partial charge < -0.3 is 14.5 Å². The van der Waals surface area contributed by atoms with E-state index in [4.69, 9.17) is 9.47 Å². The van der Waals surface area contributed by atoms with Gasteiger partial charge in [-0.05, 0) is 57.9 Å². The molecule has 1 atom stereocenters. The van der Waals surface area contributed by atoms with Gasteiger partial charge in [0.25, 0.3) is 0 Å². The number of hydrogen-bond donors (Lipinski definition) is 1. The highest BCUT2D eigenvalue weighted by molar-refractivity contribution is 6.08. The molecule has 2 heterocycles. The number of unbranched alkanes of at least 4 members (excludes halogenated alkanes) is 1. The average Bonchev–Trinajstić information content (AvgIpc) is 2.97. The molecule has 5 nitrogen and oxygen atoms in total. The summed E-state index contributed by atoms with van der Waals surface area (Å²) < 4.78 is 11.4. The van der Waals surface area contributed by atoms with E-state index in [2.05, 4.69) is 42.0 Å². The van der Waals surface area contributed by atoms with Crippen molar-refractivity contribution in [2.45, 2.75) is 59.2 Å². The number of nitrogens with one attached hydrogen (secondary N) is 1. The third kappa shape index (κ3) is 4.48. The zero-order chi connectivity index (χ0) is 19.6. The Balaban J connectivity index is 1.95. The molecule has 0 saturated heterocycles. The maximum Gasteiger partial charge on any atom is 0.357 e. The molecule has 0 aliphatic rings. The van der Waals surface area contributed by atoms with Gasteiger partial charge in [0.1, 0.15) is 11.3 Å². The Hall–Kier alpha value is -2.40. The fourth-order valence-corrected chi connectivity index (χ4v) is 3.01. The maximum atomic E-state index is 12.4. The lowest BCUT2D eigenvalue weighted by molar-refractivity contribution is 0.00631. The van der Waals surface area contributed by atoms with Gasteiger partial charge in [-0.25, -0.2) is 9.78 Å². The van der Waals surface area contributed by atoms with Gasteiger partial charge in [0.2, 0.25) is 0 Å². The van der Waals surface area contributed by atoms with E-state index in [9.17, 15) is 4.79 Å². The van der Waals surface area contributed by atoms with Crippen LogP contribution in [0.15, 0.2) is 30.5 Å². The summed E-state index contributed by atoms with van der Waals surface area (Å²) in [5.41, 5.74) is 2.80. The molecular formula is C22H28N2O3. The van der Waals surface area contributed by atoms with Gasteiger partial charge in [0.15, 0.2) is 0 Å². The third-order valence-corrected chi connectivity index (χ3v) is 4.45. The van der Waals surface area contributed by atoms with E-state index in [0.717, 1.165) is 46.8 Å². The molecule has 1 N–H and O–H groups in total. The van der Waals surface area contributed by atoms with Crippen LogP contribution >= 0.6 is 0 Å². The summed E-state index contributed by atoms with van der Waals surface area (Å²) in [6.45, 7) is 10.5. The number of carbonyl (C=O) groups excluding carboxylic acids is 1. The van der Waals surface area contributed by atoms with Gasteiger partial charge in [-0.1, -0.05) is 19.4 Å². The molecule has 1 aromatic carbocycles. The van der Waals surface area contributed by atoms with Gasteiger partial charge in [-0.15, -0.1) is 0 Å². The van der Waals surface area contributed by atoms with Gasteiger partial charge >= 0.3 is 5.97 Å². The topological polar surface area (TPSA) is 64.2 Å². The first-order valence-electron chi connectivity index (χ1n) is 9.55. The lowest BCUT2D eigenvalue weighted by Crippen LogP contribution is -2.24. The fraction of sp³-hybridized carbons (Fsp3) is 0.455. The summed E-state index contributed by atoms with van der Waals surface area (Å²) in [5.74, 6) is -0.411. The molecule has 0 saturated carbocycles. The highest BCUT2D eigenvalue weighted by Crippen LogP contribution is 2.29. The van der Waals surface area contributed by atoms with Crippen molar-refractivity contribution in [2.75, 3.05) is 6.61 Å². The lowest BCUT2D eigenvalue weighted by Gasteiger charge is -2.19. The molecule has 0 fully saturated rings. The normalized spacial score (nSPS) is 13.2. The number of carbonyl (C=O) groups is 1. The van der Waals surface area contributed by atoms with Crippen molar-refractivity contribution in [1.29, 1.82) is 0 Å². The number of esters is 1. The highest BCUT2D eigenvalue weighted by Gasteiger charge is 2.20. The van der Waals surface area contributed by atoms with Crippen LogP contribution in [0.1, 0.15) is 69.6 Å². The first-order chi connectivity index (χ1) is 12.8. The molecule has 1 unspecified atom stereocenters. The molecular weight excluding hydrogens is 340 g/mol. The quantitative estimate of drug-likeness (QED) is 0.458.